The molecule has 1 N–H and O–H groups in total. The van der Waals surface area contributed by atoms with Gasteiger partial charge in [-0.15, -0.1) is 0 Å². The lowest BCUT2D eigenvalue weighted by Gasteiger charge is -2.28. The molecule has 1 aromatic carbocycles. The highest BCUT2D eigenvalue weighted by atomic mass is 16.5. The number of rotatable bonds is 4. The van der Waals surface area contributed by atoms with Crippen LogP contribution < -0.4 is 10.2 Å². The Kier molecular flexibility index (Phi) is 4.34. The second-order valence-corrected chi connectivity index (χ2v) is 6.53. The monoisotopic (exact) mass is 373 g/mol. The van der Waals surface area contributed by atoms with Crippen molar-refractivity contribution in [2.45, 2.75) is 0 Å². The Morgan fingerprint density at radius 1 is 0.964 bits per heavy atom. The van der Waals surface area contributed by atoms with E-state index in [9.17, 15) is 0 Å². The fourth-order valence-electron chi connectivity index (χ4n) is 3.28. The van der Waals surface area contributed by atoms with Gasteiger partial charge in [-0.05, 0) is 30.3 Å². The van der Waals surface area contributed by atoms with Crippen molar-refractivity contribution in [2.24, 2.45) is 0 Å². The molecule has 0 unspecified atom stereocenters. The van der Waals surface area contributed by atoms with E-state index in [-0.39, 0.29) is 0 Å². The molecule has 0 aliphatic carbocycles. The van der Waals surface area contributed by atoms with Crippen LogP contribution in [0.15, 0.2) is 65.4 Å². The van der Waals surface area contributed by atoms with Crippen molar-refractivity contribution in [1.29, 1.82) is 0 Å². The van der Waals surface area contributed by atoms with Crippen molar-refractivity contribution >= 4 is 28.5 Å². The average Bonchev–Trinajstić information content (AvgIpc) is 3.29. The molecule has 4 aromatic rings. The summed E-state index contributed by atoms with van der Waals surface area (Å²) in [5, 5.41) is 3.30. The molecule has 4 heterocycles. The number of hydrogen-bond donors (Lipinski definition) is 1. The van der Waals surface area contributed by atoms with Gasteiger partial charge in [0.1, 0.15) is 11.3 Å². The van der Waals surface area contributed by atoms with E-state index >= 15 is 0 Å². The highest BCUT2D eigenvalue weighted by molar-refractivity contribution is 5.89. The molecule has 28 heavy (non-hydrogen) atoms. The van der Waals surface area contributed by atoms with Gasteiger partial charge in [0.15, 0.2) is 5.82 Å². The number of morpholine rings is 1. The number of anilines is 3. The first-order chi connectivity index (χ1) is 13.9. The lowest BCUT2D eigenvalue weighted by Crippen LogP contribution is -2.37. The van der Waals surface area contributed by atoms with Crippen LogP contribution >= 0.6 is 0 Å². The first kappa shape index (κ1) is 16.7. The summed E-state index contributed by atoms with van der Waals surface area (Å²) in [7, 11) is 0. The molecule has 1 fully saturated rings. The minimum absolute atomic E-state index is 0.540. The molecule has 0 saturated carbocycles. The van der Waals surface area contributed by atoms with Crippen LogP contribution in [0.3, 0.4) is 0 Å². The maximum Gasteiger partial charge on any atom is 0.229 e. The number of para-hydroxylation sites is 1. The van der Waals surface area contributed by atoms with Gasteiger partial charge in [0, 0.05) is 30.5 Å². The predicted octanol–water partition coefficient (Wildman–Crippen LogP) is 3.87. The standard InChI is InChI=1S/C21H19N5O2/c1-2-5-16(6-3-1)23-21-24-17-13-15(18-7-4-10-28-18)14-22-19(17)20(25-21)26-8-11-27-12-9-26/h1-7,10,13-14H,8-9,11-12H2,(H,23,24,25). The fourth-order valence-corrected chi connectivity index (χ4v) is 3.28. The van der Waals surface area contributed by atoms with Gasteiger partial charge in [-0.25, -0.2) is 9.97 Å². The van der Waals surface area contributed by atoms with Gasteiger partial charge in [-0.3, -0.25) is 0 Å². The first-order valence-electron chi connectivity index (χ1n) is 9.23. The molecule has 7 nitrogen and oxygen atoms in total. The number of aromatic nitrogens is 3. The second kappa shape index (κ2) is 7.28. The topological polar surface area (TPSA) is 76.3 Å². The lowest BCUT2D eigenvalue weighted by atomic mass is 10.2. The molecule has 0 radical (unpaired) electrons. The van der Waals surface area contributed by atoms with Crippen LogP contribution in [-0.4, -0.2) is 41.3 Å². The normalized spacial score (nSPS) is 14.4. The zero-order chi connectivity index (χ0) is 18.8. The van der Waals surface area contributed by atoms with Gasteiger partial charge in [-0.2, -0.15) is 4.98 Å². The largest absolute Gasteiger partial charge is 0.464 e. The summed E-state index contributed by atoms with van der Waals surface area (Å²) in [5.74, 6) is 2.12. The molecule has 140 valence electrons. The van der Waals surface area contributed by atoms with Crippen LogP contribution in [-0.2, 0) is 4.74 Å². The van der Waals surface area contributed by atoms with E-state index in [1.807, 2.05) is 48.5 Å². The number of ether oxygens (including phenoxy) is 1. The Labute approximate surface area is 162 Å². The quantitative estimate of drug-likeness (QED) is 0.582. The minimum atomic E-state index is 0.540. The Morgan fingerprint density at radius 3 is 2.61 bits per heavy atom. The van der Waals surface area contributed by atoms with Gasteiger partial charge >= 0.3 is 0 Å². The fraction of sp³-hybridized carbons (Fsp3) is 0.190. The van der Waals surface area contributed by atoms with Gasteiger partial charge in [0.25, 0.3) is 0 Å². The number of pyridine rings is 1. The van der Waals surface area contributed by atoms with Crippen LogP contribution in [0.5, 0.6) is 0 Å². The summed E-state index contributed by atoms with van der Waals surface area (Å²) in [6, 6.07) is 15.7. The van der Waals surface area contributed by atoms with E-state index < -0.39 is 0 Å². The highest BCUT2D eigenvalue weighted by Crippen LogP contribution is 2.29. The van der Waals surface area contributed by atoms with Gasteiger partial charge < -0.3 is 19.4 Å². The Balaban J connectivity index is 1.62. The third-order valence-electron chi connectivity index (χ3n) is 4.66. The molecule has 3 aromatic heterocycles. The van der Waals surface area contributed by atoms with Crippen molar-refractivity contribution in [1.82, 2.24) is 15.0 Å². The molecular weight excluding hydrogens is 354 g/mol. The van der Waals surface area contributed by atoms with Crippen LogP contribution in [0.4, 0.5) is 17.5 Å². The summed E-state index contributed by atoms with van der Waals surface area (Å²) in [6.45, 7) is 2.91. The number of benzene rings is 1. The van der Waals surface area contributed by atoms with E-state index in [1.54, 1.807) is 12.5 Å². The number of furan rings is 1. The average molecular weight is 373 g/mol. The number of nitrogens with zero attached hydrogens (tertiary/aromatic N) is 4. The molecule has 5 rings (SSSR count). The molecular formula is C21H19N5O2. The van der Waals surface area contributed by atoms with Crippen LogP contribution in [0, 0.1) is 0 Å². The van der Waals surface area contributed by atoms with Gasteiger partial charge in [0.05, 0.1) is 25.0 Å². The SMILES string of the molecule is c1ccc(Nc2nc(N3CCOCC3)c3ncc(-c4ccco4)cc3n2)cc1. The van der Waals surface area contributed by atoms with Gasteiger partial charge in [-0.1, -0.05) is 18.2 Å². The maximum absolute atomic E-state index is 5.51. The summed E-state index contributed by atoms with van der Waals surface area (Å²) in [6.07, 6.45) is 3.46. The number of hydrogen-bond acceptors (Lipinski definition) is 7. The third-order valence-corrected chi connectivity index (χ3v) is 4.66. The Morgan fingerprint density at radius 2 is 1.82 bits per heavy atom. The van der Waals surface area contributed by atoms with Gasteiger partial charge in [0.2, 0.25) is 5.95 Å². The molecule has 1 aliphatic heterocycles. The third kappa shape index (κ3) is 3.27. The maximum atomic E-state index is 5.51. The van der Waals surface area contributed by atoms with Crippen LogP contribution in [0.2, 0.25) is 0 Å². The van der Waals surface area contributed by atoms with Crippen molar-refractivity contribution in [2.75, 3.05) is 36.5 Å². The smallest absolute Gasteiger partial charge is 0.229 e. The summed E-state index contributed by atoms with van der Waals surface area (Å²) in [4.78, 5) is 16.3. The van der Waals surface area contributed by atoms with Crippen LogP contribution in [0.25, 0.3) is 22.4 Å². The zero-order valence-corrected chi connectivity index (χ0v) is 15.2. The Hall–Kier alpha value is -3.45. The number of fused-ring (bicyclic) bond motifs is 1. The lowest BCUT2D eigenvalue weighted by molar-refractivity contribution is 0.122. The first-order valence-corrected chi connectivity index (χ1v) is 9.23. The molecule has 0 spiro atoms. The zero-order valence-electron chi connectivity index (χ0n) is 15.2. The molecule has 1 saturated heterocycles. The summed E-state index contributed by atoms with van der Waals surface area (Å²) < 4.78 is 11.0. The van der Waals surface area contributed by atoms with E-state index in [0.29, 0.717) is 19.2 Å². The van der Waals surface area contributed by atoms with Crippen molar-refractivity contribution in [3.8, 4) is 11.3 Å². The molecule has 1 aliphatic rings. The van der Waals surface area contributed by atoms with E-state index in [1.165, 1.54) is 0 Å². The number of nitrogens with one attached hydrogen (secondary N) is 1. The predicted molar refractivity (Wildman–Crippen MR) is 108 cm³/mol. The second-order valence-electron chi connectivity index (χ2n) is 6.53. The van der Waals surface area contributed by atoms with E-state index in [4.69, 9.17) is 19.1 Å². The highest BCUT2D eigenvalue weighted by Gasteiger charge is 2.19. The summed E-state index contributed by atoms with van der Waals surface area (Å²) >= 11 is 0. The Bertz CT molecular complexity index is 1080. The van der Waals surface area contributed by atoms with E-state index in [0.717, 1.165) is 47.0 Å². The summed E-state index contributed by atoms with van der Waals surface area (Å²) in [5.41, 5.74) is 3.36. The van der Waals surface area contributed by atoms with Crippen LogP contribution in [0.1, 0.15) is 0 Å². The minimum Gasteiger partial charge on any atom is -0.464 e. The molecule has 0 bridgehead atoms. The van der Waals surface area contributed by atoms with Crippen molar-refractivity contribution in [3.63, 3.8) is 0 Å². The molecule has 0 atom stereocenters. The van der Waals surface area contributed by atoms with Crippen molar-refractivity contribution < 1.29 is 9.15 Å². The van der Waals surface area contributed by atoms with E-state index in [2.05, 4.69) is 15.2 Å². The molecule has 7 heteroatoms. The molecule has 0 amide bonds. The van der Waals surface area contributed by atoms with Crippen molar-refractivity contribution in [3.05, 3.63) is 61.0 Å².